The fourth-order valence-electron chi connectivity index (χ4n) is 2.04. The van der Waals surface area contributed by atoms with E-state index in [0.29, 0.717) is 29.4 Å². The summed E-state index contributed by atoms with van der Waals surface area (Å²) in [5.41, 5.74) is 6.00. The minimum absolute atomic E-state index is 0.252. The molecule has 1 atom stereocenters. The van der Waals surface area contributed by atoms with Crippen molar-refractivity contribution in [2.75, 3.05) is 6.54 Å². The largest absolute Gasteiger partial charge is 0.354 e. The Morgan fingerprint density at radius 3 is 2.50 bits per heavy atom. The lowest BCUT2D eigenvalue weighted by molar-refractivity contribution is -0.123. The Morgan fingerprint density at radius 1 is 1.27 bits per heavy atom. The third-order valence-electron chi connectivity index (χ3n) is 3.05. The van der Waals surface area contributed by atoms with Gasteiger partial charge >= 0.3 is 6.03 Å². The van der Waals surface area contributed by atoms with Gasteiger partial charge in [0.15, 0.2) is 0 Å². The third kappa shape index (κ3) is 6.54. The second kappa shape index (κ2) is 8.86. The van der Waals surface area contributed by atoms with E-state index in [1.54, 1.807) is 12.1 Å². The Morgan fingerprint density at radius 2 is 1.95 bits per heavy atom. The van der Waals surface area contributed by atoms with Crippen LogP contribution < -0.4 is 16.4 Å². The Balaban J connectivity index is 2.53. The van der Waals surface area contributed by atoms with Crippen LogP contribution in [0.1, 0.15) is 25.8 Å². The van der Waals surface area contributed by atoms with Crippen molar-refractivity contribution in [3.05, 3.63) is 33.8 Å². The maximum Gasteiger partial charge on any atom is 0.312 e. The first-order valence-electron chi connectivity index (χ1n) is 7.07. The molecule has 0 saturated carbocycles. The molecule has 3 amide bonds. The first kappa shape index (κ1) is 18.6. The predicted molar refractivity (Wildman–Crippen MR) is 89.1 cm³/mol. The summed E-state index contributed by atoms with van der Waals surface area (Å²) in [5.74, 6) is 0.00546. The van der Waals surface area contributed by atoms with E-state index in [4.69, 9.17) is 28.9 Å². The molecule has 0 aliphatic carbocycles. The number of urea groups is 1. The summed E-state index contributed by atoms with van der Waals surface area (Å²) in [6.45, 7) is 4.35. The molecule has 0 fully saturated rings. The molecule has 0 heterocycles. The second-order valence-corrected chi connectivity index (χ2v) is 6.31. The summed E-state index contributed by atoms with van der Waals surface area (Å²) >= 11 is 11.9. The lowest BCUT2D eigenvalue weighted by Crippen LogP contribution is -2.49. The summed E-state index contributed by atoms with van der Waals surface area (Å²) in [5, 5.41) is 6.38. The van der Waals surface area contributed by atoms with E-state index in [0.717, 1.165) is 5.56 Å². The lowest BCUT2D eigenvalue weighted by Gasteiger charge is -2.19. The van der Waals surface area contributed by atoms with Crippen LogP contribution in [-0.2, 0) is 11.2 Å². The lowest BCUT2D eigenvalue weighted by atomic mass is 10.0. The summed E-state index contributed by atoms with van der Waals surface area (Å²) in [6.07, 6.45) is 1.10. The minimum Gasteiger partial charge on any atom is -0.354 e. The molecule has 0 aliphatic heterocycles. The van der Waals surface area contributed by atoms with Gasteiger partial charge in [-0.1, -0.05) is 43.1 Å². The Labute approximate surface area is 140 Å². The molecule has 7 heteroatoms. The number of rotatable bonds is 7. The number of benzene rings is 1. The number of amides is 3. The molecule has 122 valence electrons. The number of nitrogens with two attached hydrogens (primary N) is 1. The summed E-state index contributed by atoms with van der Waals surface area (Å²) in [7, 11) is 0. The highest BCUT2D eigenvalue weighted by Gasteiger charge is 2.20. The van der Waals surface area contributed by atoms with Crippen LogP contribution in [0.4, 0.5) is 4.79 Å². The van der Waals surface area contributed by atoms with Crippen molar-refractivity contribution in [2.24, 2.45) is 11.7 Å². The number of hydrogen-bond donors (Lipinski definition) is 3. The summed E-state index contributed by atoms with van der Waals surface area (Å²) < 4.78 is 0. The first-order chi connectivity index (χ1) is 10.3. The smallest absolute Gasteiger partial charge is 0.312 e. The molecule has 1 aromatic rings. The summed E-state index contributed by atoms with van der Waals surface area (Å²) in [6, 6.07) is 3.90. The van der Waals surface area contributed by atoms with Gasteiger partial charge in [0.25, 0.3) is 0 Å². The van der Waals surface area contributed by atoms with Gasteiger partial charge in [-0.3, -0.25) is 4.79 Å². The average Bonchev–Trinajstić information content (AvgIpc) is 2.39. The van der Waals surface area contributed by atoms with Crippen molar-refractivity contribution in [1.82, 2.24) is 10.6 Å². The van der Waals surface area contributed by atoms with E-state index in [1.807, 2.05) is 19.9 Å². The van der Waals surface area contributed by atoms with Crippen LogP contribution in [0.25, 0.3) is 0 Å². The van der Waals surface area contributed by atoms with Crippen LogP contribution in [0.5, 0.6) is 0 Å². The van der Waals surface area contributed by atoms with Crippen LogP contribution in [0, 0.1) is 5.92 Å². The molecule has 1 rings (SSSR count). The number of nitrogens with one attached hydrogen (secondary N) is 2. The van der Waals surface area contributed by atoms with Crippen molar-refractivity contribution < 1.29 is 9.59 Å². The highest BCUT2D eigenvalue weighted by atomic mass is 35.5. The average molecular weight is 346 g/mol. The van der Waals surface area contributed by atoms with Gasteiger partial charge in [-0.05, 0) is 36.5 Å². The molecule has 1 aromatic carbocycles. The maximum absolute atomic E-state index is 12.1. The zero-order valence-electron chi connectivity index (χ0n) is 12.7. The van der Waals surface area contributed by atoms with Gasteiger partial charge in [0.1, 0.15) is 6.04 Å². The molecule has 0 unspecified atom stereocenters. The molecule has 0 bridgehead atoms. The standard InChI is InChI=1S/C15H21Cl2N3O2/c1-9(2)7-13(20-15(18)22)14(21)19-6-5-10-3-4-11(16)8-12(10)17/h3-4,8-9,13H,5-7H2,1-2H3,(H,19,21)(H3,18,20,22)/t13-/m1/s1. The van der Waals surface area contributed by atoms with E-state index in [2.05, 4.69) is 10.6 Å². The highest BCUT2D eigenvalue weighted by Crippen LogP contribution is 2.21. The fourth-order valence-corrected chi connectivity index (χ4v) is 2.55. The summed E-state index contributed by atoms with van der Waals surface area (Å²) in [4.78, 5) is 23.1. The van der Waals surface area contributed by atoms with E-state index in [9.17, 15) is 9.59 Å². The van der Waals surface area contributed by atoms with Crippen molar-refractivity contribution in [3.8, 4) is 0 Å². The molecular weight excluding hydrogens is 325 g/mol. The van der Waals surface area contributed by atoms with E-state index < -0.39 is 12.1 Å². The SMILES string of the molecule is CC(C)C[C@@H](NC(N)=O)C(=O)NCCc1ccc(Cl)cc1Cl. The van der Waals surface area contributed by atoms with Gasteiger partial charge in [-0.25, -0.2) is 4.79 Å². The van der Waals surface area contributed by atoms with Crippen LogP contribution in [0.15, 0.2) is 18.2 Å². The van der Waals surface area contributed by atoms with Crippen LogP contribution >= 0.6 is 23.2 Å². The van der Waals surface area contributed by atoms with Crippen molar-refractivity contribution >= 4 is 35.1 Å². The van der Waals surface area contributed by atoms with Gasteiger partial charge in [-0.15, -0.1) is 0 Å². The maximum atomic E-state index is 12.1. The predicted octanol–water partition coefficient (Wildman–Crippen LogP) is 2.74. The van der Waals surface area contributed by atoms with Gasteiger partial charge < -0.3 is 16.4 Å². The molecule has 22 heavy (non-hydrogen) atoms. The van der Waals surface area contributed by atoms with Gasteiger partial charge in [0.05, 0.1) is 0 Å². The van der Waals surface area contributed by atoms with Crippen molar-refractivity contribution in [1.29, 1.82) is 0 Å². The molecule has 0 aliphatic rings. The number of carbonyl (C=O) groups excluding carboxylic acids is 2. The van der Waals surface area contributed by atoms with Crippen LogP contribution in [-0.4, -0.2) is 24.5 Å². The van der Waals surface area contributed by atoms with Crippen LogP contribution in [0.2, 0.25) is 10.0 Å². The zero-order valence-corrected chi connectivity index (χ0v) is 14.2. The molecule has 5 nitrogen and oxygen atoms in total. The van der Waals surface area contributed by atoms with Gasteiger partial charge in [0.2, 0.25) is 5.91 Å². The number of primary amides is 1. The third-order valence-corrected chi connectivity index (χ3v) is 3.64. The van der Waals surface area contributed by atoms with Gasteiger partial charge in [-0.2, -0.15) is 0 Å². The quantitative estimate of drug-likeness (QED) is 0.709. The van der Waals surface area contributed by atoms with Crippen molar-refractivity contribution in [3.63, 3.8) is 0 Å². The Kier molecular flexibility index (Phi) is 7.48. The van der Waals surface area contributed by atoms with Crippen LogP contribution in [0.3, 0.4) is 0 Å². The van der Waals surface area contributed by atoms with E-state index in [-0.39, 0.29) is 11.8 Å². The number of halogens is 2. The normalized spacial score (nSPS) is 12.0. The Bertz CT molecular complexity index is 536. The monoisotopic (exact) mass is 345 g/mol. The molecule has 0 saturated heterocycles. The number of hydrogen-bond acceptors (Lipinski definition) is 2. The second-order valence-electron chi connectivity index (χ2n) is 5.47. The number of carbonyl (C=O) groups is 2. The molecular formula is C15H21Cl2N3O2. The molecule has 0 aromatic heterocycles. The van der Waals surface area contributed by atoms with E-state index in [1.165, 1.54) is 0 Å². The molecule has 0 radical (unpaired) electrons. The van der Waals surface area contributed by atoms with Crippen molar-refractivity contribution in [2.45, 2.75) is 32.7 Å². The Hall–Kier alpha value is -1.46. The van der Waals surface area contributed by atoms with E-state index >= 15 is 0 Å². The highest BCUT2D eigenvalue weighted by molar-refractivity contribution is 6.35. The molecule has 0 spiro atoms. The fraction of sp³-hybridized carbons (Fsp3) is 0.467. The zero-order chi connectivity index (χ0) is 16.7. The first-order valence-corrected chi connectivity index (χ1v) is 7.82. The minimum atomic E-state index is -0.707. The van der Waals surface area contributed by atoms with Gasteiger partial charge in [0, 0.05) is 16.6 Å². The molecule has 4 N–H and O–H groups in total. The topological polar surface area (TPSA) is 84.2 Å².